The summed E-state index contributed by atoms with van der Waals surface area (Å²) in [6.45, 7) is 6.08. The Labute approximate surface area is 136 Å². The van der Waals surface area contributed by atoms with Crippen molar-refractivity contribution in [2.24, 2.45) is 0 Å². The van der Waals surface area contributed by atoms with Crippen LogP contribution in [0.1, 0.15) is 33.3 Å². The third-order valence-corrected chi connectivity index (χ3v) is 4.31. The van der Waals surface area contributed by atoms with E-state index in [0.717, 1.165) is 0 Å². The number of hydrogen-bond donors (Lipinski definition) is 1. The quantitative estimate of drug-likeness (QED) is 0.393. The highest BCUT2D eigenvalue weighted by Gasteiger charge is 2.52. The Morgan fingerprint density at radius 2 is 1.25 bits per heavy atom. The van der Waals surface area contributed by atoms with Crippen LogP contribution in [0.25, 0.3) is 6.08 Å². The zero-order valence-electron chi connectivity index (χ0n) is 13.5. The van der Waals surface area contributed by atoms with Crippen molar-refractivity contribution in [3.05, 3.63) is 40.1 Å². The summed E-state index contributed by atoms with van der Waals surface area (Å²) < 4.78 is 78.3. The van der Waals surface area contributed by atoms with Crippen molar-refractivity contribution < 1.29 is 36.4 Å². The Hall–Kier alpha value is -1.45. The molecule has 0 radical (unpaired) electrons. The summed E-state index contributed by atoms with van der Waals surface area (Å²) in [6, 6.07) is 0. The predicted octanol–water partition coefficient (Wildman–Crippen LogP) is 3.39. The third kappa shape index (κ3) is 2.96. The lowest BCUT2D eigenvalue weighted by atomic mass is 9.77. The summed E-state index contributed by atoms with van der Waals surface area (Å²) in [5.41, 5.74) is -2.94. The van der Waals surface area contributed by atoms with Crippen LogP contribution in [-0.4, -0.2) is 30.0 Å². The first kappa shape index (κ1) is 18.9. The largest absolute Gasteiger partial charge is 0.492 e. The van der Waals surface area contributed by atoms with E-state index in [9.17, 15) is 27.1 Å². The molecule has 1 aliphatic rings. The van der Waals surface area contributed by atoms with E-state index >= 15 is 0 Å². The van der Waals surface area contributed by atoms with Crippen molar-refractivity contribution >= 4 is 13.2 Å². The Bertz CT molecular complexity index is 658. The van der Waals surface area contributed by atoms with Gasteiger partial charge in [0, 0.05) is 0 Å². The lowest BCUT2D eigenvalue weighted by Gasteiger charge is -2.32. The average Bonchev–Trinajstić information content (AvgIpc) is 2.71. The molecular weight excluding hydrogens is 334 g/mol. The molecule has 2 rings (SSSR count). The van der Waals surface area contributed by atoms with Gasteiger partial charge in [0.15, 0.2) is 23.3 Å². The number of rotatable bonds is 3. The van der Waals surface area contributed by atoms with Crippen LogP contribution in [0.3, 0.4) is 0 Å². The molecule has 1 aromatic rings. The monoisotopic (exact) mass is 350 g/mol. The molecule has 0 spiro atoms. The fourth-order valence-electron chi connectivity index (χ4n) is 2.12. The van der Waals surface area contributed by atoms with Gasteiger partial charge >= 0.3 is 7.12 Å². The fraction of sp³-hybridized carbons (Fsp3) is 0.467. The molecule has 1 aliphatic heterocycles. The van der Waals surface area contributed by atoms with Crippen LogP contribution in [0.15, 0.2) is 5.47 Å². The van der Waals surface area contributed by atoms with Crippen LogP contribution in [0.4, 0.5) is 22.0 Å². The number of hydrogen-bond acceptors (Lipinski definition) is 3. The number of aliphatic hydroxyl groups excluding tert-OH is 1. The summed E-state index contributed by atoms with van der Waals surface area (Å²) in [6.07, 6.45) is 0.651. The molecule has 0 bridgehead atoms. The Balaban J connectivity index is 2.51. The number of benzene rings is 1. The van der Waals surface area contributed by atoms with Gasteiger partial charge in [0.05, 0.1) is 23.4 Å². The second-order valence-corrected chi connectivity index (χ2v) is 6.45. The summed E-state index contributed by atoms with van der Waals surface area (Å²) >= 11 is 0. The van der Waals surface area contributed by atoms with Crippen molar-refractivity contribution in [2.75, 3.05) is 6.61 Å². The molecule has 0 amide bonds. The normalized spacial score (nSPS) is 19.9. The third-order valence-electron chi connectivity index (χ3n) is 4.31. The maximum absolute atomic E-state index is 13.8. The van der Waals surface area contributed by atoms with Crippen LogP contribution in [0, 0.1) is 29.1 Å². The molecule has 9 heteroatoms. The van der Waals surface area contributed by atoms with Gasteiger partial charge in [-0.15, -0.1) is 0 Å². The number of halogens is 5. The van der Waals surface area contributed by atoms with Crippen LogP contribution in [-0.2, 0) is 9.31 Å². The van der Waals surface area contributed by atoms with Gasteiger partial charge in [-0.2, -0.15) is 0 Å². The van der Waals surface area contributed by atoms with Crippen molar-refractivity contribution in [3.63, 3.8) is 0 Å². The Kier molecular flexibility index (Phi) is 4.82. The lowest BCUT2D eigenvalue weighted by molar-refractivity contribution is 0.00578. The highest BCUT2D eigenvalue weighted by atomic mass is 19.2. The second kappa shape index (κ2) is 6.13. The first-order valence-corrected chi connectivity index (χ1v) is 7.11. The lowest BCUT2D eigenvalue weighted by Crippen LogP contribution is -2.41. The molecule has 0 aliphatic carbocycles. The summed E-state index contributed by atoms with van der Waals surface area (Å²) in [4.78, 5) is 0. The summed E-state index contributed by atoms with van der Waals surface area (Å²) in [5.74, 6) is -10.4. The number of aliphatic hydroxyl groups is 1. The van der Waals surface area contributed by atoms with E-state index in [1.54, 1.807) is 27.7 Å². The van der Waals surface area contributed by atoms with Gasteiger partial charge in [0.25, 0.3) is 0 Å². The maximum atomic E-state index is 13.8. The van der Waals surface area contributed by atoms with Crippen LogP contribution < -0.4 is 0 Å². The van der Waals surface area contributed by atoms with Gasteiger partial charge in [-0.3, -0.25) is 0 Å². The Morgan fingerprint density at radius 1 is 0.875 bits per heavy atom. The molecule has 0 unspecified atom stereocenters. The predicted molar refractivity (Wildman–Crippen MR) is 77.4 cm³/mol. The van der Waals surface area contributed by atoms with E-state index in [2.05, 4.69) is 0 Å². The van der Waals surface area contributed by atoms with Crippen molar-refractivity contribution in [2.45, 2.75) is 38.9 Å². The van der Waals surface area contributed by atoms with Gasteiger partial charge in [0.2, 0.25) is 5.82 Å². The van der Waals surface area contributed by atoms with Crippen LogP contribution in [0.5, 0.6) is 0 Å². The minimum Gasteiger partial charge on any atom is -0.400 e. The van der Waals surface area contributed by atoms with Gasteiger partial charge < -0.3 is 14.4 Å². The molecular formula is C15H16BF5O3. The molecule has 1 saturated heterocycles. The van der Waals surface area contributed by atoms with Gasteiger partial charge in [-0.1, -0.05) is 6.08 Å². The van der Waals surface area contributed by atoms with E-state index in [-0.39, 0.29) is 5.47 Å². The van der Waals surface area contributed by atoms with E-state index in [4.69, 9.17) is 9.31 Å². The highest BCUT2D eigenvalue weighted by molar-refractivity contribution is 6.55. The topological polar surface area (TPSA) is 38.7 Å². The molecule has 1 N–H and O–H groups in total. The molecule has 3 nitrogen and oxygen atoms in total. The molecule has 0 atom stereocenters. The van der Waals surface area contributed by atoms with Crippen molar-refractivity contribution in [3.8, 4) is 0 Å². The van der Waals surface area contributed by atoms with Gasteiger partial charge in [-0.05, 0) is 33.2 Å². The van der Waals surface area contributed by atoms with Crippen LogP contribution >= 0.6 is 0 Å². The summed E-state index contributed by atoms with van der Waals surface area (Å²) in [7, 11) is -1.19. The molecule has 1 heterocycles. The standard InChI is InChI=1S/C15H16BF5O3/c1-14(2)15(3,4)24-16(23-14)7(6-22)5-8-9(17)11(19)13(21)12(20)10(8)18/h5,22H,6H2,1-4H3. The molecule has 132 valence electrons. The minimum absolute atomic E-state index is 0.170. The maximum Gasteiger partial charge on any atom is 0.492 e. The van der Waals surface area contributed by atoms with Crippen molar-refractivity contribution in [1.29, 1.82) is 0 Å². The molecule has 0 aromatic heterocycles. The molecule has 1 aromatic carbocycles. The fourth-order valence-corrected chi connectivity index (χ4v) is 2.12. The zero-order valence-corrected chi connectivity index (χ0v) is 13.5. The smallest absolute Gasteiger partial charge is 0.400 e. The molecule has 0 saturated carbocycles. The summed E-state index contributed by atoms with van der Waals surface area (Å²) in [5, 5.41) is 9.43. The molecule has 1 fully saturated rings. The zero-order chi connectivity index (χ0) is 18.4. The van der Waals surface area contributed by atoms with Gasteiger partial charge in [-0.25, -0.2) is 22.0 Å². The van der Waals surface area contributed by atoms with E-state index in [1.807, 2.05) is 0 Å². The van der Waals surface area contributed by atoms with E-state index in [1.165, 1.54) is 0 Å². The molecule has 24 heavy (non-hydrogen) atoms. The second-order valence-electron chi connectivity index (χ2n) is 6.45. The van der Waals surface area contributed by atoms with E-state index < -0.39 is 59.6 Å². The highest BCUT2D eigenvalue weighted by Crippen LogP contribution is 2.39. The SMILES string of the molecule is CC1(C)OB(C(=Cc2c(F)c(F)c(F)c(F)c2F)CO)OC1(C)C. The van der Waals surface area contributed by atoms with E-state index in [0.29, 0.717) is 6.08 Å². The minimum atomic E-state index is -2.25. The van der Waals surface area contributed by atoms with Crippen LogP contribution in [0.2, 0.25) is 0 Å². The first-order valence-electron chi connectivity index (χ1n) is 7.11. The average molecular weight is 350 g/mol. The first-order chi connectivity index (χ1) is 10.9. The van der Waals surface area contributed by atoms with Crippen molar-refractivity contribution in [1.82, 2.24) is 0 Å². The Morgan fingerprint density at radius 3 is 1.62 bits per heavy atom. The van der Waals surface area contributed by atoms with Gasteiger partial charge in [0.1, 0.15) is 0 Å².